The summed E-state index contributed by atoms with van der Waals surface area (Å²) in [5, 5.41) is 6.50. The van der Waals surface area contributed by atoms with Crippen LogP contribution in [0.1, 0.15) is 22.8 Å². The molecular weight excluding hydrogens is 332 g/mol. The quantitative estimate of drug-likeness (QED) is 0.811. The van der Waals surface area contributed by atoms with Gasteiger partial charge in [-0.25, -0.2) is 0 Å². The molecule has 0 bridgehead atoms. The molecule has 1 amide bonds. The number of nitrogens with one attached hydrogen (secondary N) is 2. The second-order valence-electron chi connectivity index (χ2n) is 4.66. The van der Waals surface area contributed by atoms with Crippen molar-refractivity contribution in [2.24, 2.45) is 0 Å². The lowest BCUT2D eigenvalue weighted by molar-refractivity contribution is 0.0973. The molecule has 0 fully saturated rings. The maximum absolute atomic E-state index is 12.3. The van der Waals surface area contributed by atoms with E-state index in [1.54, 1.807) is 24.3 Å². The minimum Gasteiger partial charge on any atom is -0.493 e. The zero-order chi connectivity index (χ0) is 16.7. The highest BCUT2D eigenvalue weighted by molar-refractivity contribution is 7.80. The molecule has 0 aliphatic rings. The molecule has 23 heavy (non-hydrogen) atoms. The van der Waals surface area contributed by atoms with Crippen molar-refractivity contribution in [3.8, 4) is 5.75 Å². The topological polar surface area (TPSA) is 50.4 Å². The monoisotopic (exact) mass is 348 g/mol. The third-order valence-electron chi connectivity index (χ3n) is 3.06. The fourth-order valence-corrected chi connectivity index (χ4v) is 2.33. The van der Waals surface area contributed by atoms with Gasteiger partial charge in [0.05, 0.1) is 12.2 Å². The second-order valence-corrected chi connectivity index (χ2v) is 5.47. The Morgan fingerprint density at radius 3 is 2.61 bits per heavy atom. The van der Waals surface area contributed by atoms with Crippen molar-refractivity contribution >= 4 is 34.8 Å². The van der Waals surface area contributed by atoms with Crippen molar-refractivity contribution in [1.29, 1.82) is 0 Å². The first-order valence-electron chi connectivity index (χ1n) is 7.16. The third kappa shape index (κ3) is 4.94. The van der Waals surface area contributed by atoms with Crippen molar-refractivity contribution < 1.29 is 9.53 Å². The van der Waals surface area contributed by atoms with Gasteiger partial charge in [0.15, 0.2) is 5.11 Å². The van der Waals surface area contributed by atoms with Crippen LogP contribution in [0.4, 0.5) is 0 Å². The average Bonchev–Trinajstić information content (AvgIpc) is 2.55. The third-order valence-corrected chi connectivity index (χ3v) is 3.67. The Morgan fingerprint density at radius 2 is 1.87 bits per heavy atom. The highest BCUT2D eigenvalue weighted by atomic mass is 35.5. The lowest BCUT2D eigenvalue weighted by Crippen LogP contribution is -2.39. The fourth-order valence-electron chi connectivity index (χ4n) is 1.97. The van der Waals surface area contributed by atoms with E-state index in [1.807, 2.05) is 31.2 Å². The predicted octanol–water partition coefficient (Wildman–Crippen LogP) is 3.54. The van der Waals surface area contributed by atoms with Gasteiger partial charge in [-0.1, -0.05) is 41.9 Å². The van der Waals surface area contributed by atoms with Crippen LogP contribution in [0.5, 0.6) is 5.75 Å². The molecule has 0 atom stereocenters. The zero-order valence-corrected chi connectivity index (χ0v) is 14.2. The Hall–Kier alpha value is -2.11. The SMILES string of the molecule is CCOc1ccccc1C(=O)NC(=S)NCc1ccccc1Cl. The molecule has 120 valence electrons. The molecule has 0 aliphatic heterocycles. The minimum atomic E-state index is -0.314. The molecule has 4 nitrogen and oxygen atoms in total. The summed E-state index contributed by atoms with van der Waals surface area (Å²) in [6.45, 7) is 2.79. The number of carbonyl (C=O) groups is 1. The van der Waals surface area contributed by atoms with E-state index in [0.717, 1.165) is 5.56 Å². The summed E-state index contributed by atoms with van der Waals surface area (Å²) in [5.41, 5.74) is 1.34. The smallest absolute Gasteiger partial charge is 0.261 e. The summed E-state index contributed by atoms with van der Waals surface area (Å²) >= 11 is 11.2. The molecule has 0 saturated heterocycles. The summed E-state index contributed by atoms with van der Waals surface area (Å²) in [6, 6.07) is 14.5. The molecule has 0 spiro atoms. The Labute approximate surface area is 145 Å². The van der Waals surface area contributed by atoms with Crippen molar-refractivity contribution in [2.45, 2.75) is 13.5 Å². The molecule has 0 heterocycles. The van der Waals surface area contributed by atoms with E-state index in [2.05, 4.69) is 10.6 Å². The van der Waals surface area contributed by atoms with Crippen LogP contribution in [0.2, 0.25) is 5.02 Å². The standard InChI is InChI=1S/C17H17ClN2O2S/c1-2-22-15-10-6-4-8-13(15)16(21)20-17(23)19-11-12-7-3-5-9-14(12)18/h3-10H,2,11H2,1H3,(H2,19,20,21,23). The minimum absolute atomic E-state index is 0.237. The van der Waals surface area contributed by atoms with Gasteiger partial charge in [0, 0.05) is 11.6 Å². The Bertz CT molecular complexity index is 706. The van der Waals surface area contributed by atoms with Crippen LogP contribution >= 0.6 is 23.8 Å². The molecule has 0 radical (unpaired) electrons. The van der Waals surface area contributed by atoms with Crippen LogP contribution < -0.4 is 15.4 Å². The van der Waals surface area contributed by atoms with Gasteiger partial charge >= 0.3 is 0 Å². The van der Waals surface area contributed by atoms with Gasteiger partial charge < -0.3 is 10.1 Å². The van der Waals surface area contributed by atoms with Gasteiger partial charge in [-0.15, -0.1) is 0 Å². The fraction of sp³-hybridized carbons (Fsp3) is 0.176. The molecule has 2 aromatic rings. The lowest BCUT2D eigenvalue weighted by atomic mass is 10.2. The largest absolute Gasteiger partial charge is 0.493 e. The van der Waals surface area contributed by atoms with Crippen molar-refractivity contribution in [1.82, 2.24) is 10.6 Å². The number of hydrogen-bond acceptors (Lipinski definition) is 3. The Morgan fingerprint density at radius 1 is 1.17 bits per heavy atom. The molecule has 6 heteroatoms. The Kier molecular flexibility index (Phi) is 6.38. The summed E-state index contributed by atoms with van der Waals surface area (Å²) < 4.78 is 5.44. The first-order chi connectivity index (χ1) is 11.1. The van der Waals surface area contributed by atoms with E-state index in [9.17, 15) is 4.79 Å². The van der Waals surface area contributed by atoms with E-state index in [1.165, 1.54) is 0 Å². The van der Waals surface area contributed by atoms with Crippen LogP contribution in [0, 0.1) is 0 Å². The van der Waals surface area contributed by atoms with Gasteiger partial charge in [0.1, 0.15) is 5.75 Å². The number of hydrogen-bond donors (Lipinski definition) is 2. The molecule has 0 aromatic heterocycles. The molecule has 0 aliphatic carbocycles. The second kappa shape index (κ2) is 8.50. The highest BCUT2D eigenvalue weighted by Gasteiger charge is 2.13. The molecular formula is C17H17ClN2O2S. The first kappa shape index (κ1) is 17.2. The lowest BCUT2D eigenvalue weighted by Gasteiger charge is -2.12. The number of carbonyl (C=O) groups excluding carboxylic acids is 1. The van der Waals surface area contributed by atoms with Crippen LogP contribution in [-0.4, -0.2) is 17.6 Å². The van der Waals surface area contributed by atoms with E-state index >= 15 is 0 Å². The van der Waals surface area contributed by atoms with E-state index < -0.39 is 0 Å². The summed E-state index contributed by atoms with van der Waals surface area (Å²) in [7, 11) is 0. The molecule has 2 rings (SSSR count). The number of rotatable bonds is 5. The number of amides is 1. The van der Waals surface area contributed by atoms with Crippen LogP contribution in [0.25, 0.3) is 0 Å². The Balaban J connectivity index is 1.95. The molecule has 0 unspecified atom stereocenters. The normalized spacial score (nSPS) is 10.0. The molecule has 2 N–H and O–H groups in total. The summed E-state index contributed by atoms with van der Waals surface area (Å²) in [6.07, 6.45) is 0. The van der Waals surface area contributed by atoms with Crippen molar-refractivity contribution in [3.05, 3.63) is 64.7 Å². The van der Waals surface area contributed by atoms with Crippen molar-refractivity contribution in [2.75, 3.05) is 6.61 Å². The number of halogens is 1. The first-order valence-corrected chi connectivity index (χ1v) is 7.95. The maximum atomic E-state index is 12.3. The average molecular weight is 349 g/mol. The van der Waals surface area contributed by atoms with Gasteiger partial charge in [0.2, 0.25) is 0 Å². The number of ether oxygens (including phenoxy) is 1. The number of thiocarbonyl (C=S) groups is 1. The van der Waals surface area contributed by atoms with E-state index in [-0.39, 0.29) is 11.0 Å². The van der Waals surface area contributed by atoms with E-state index in [0.29, 0.717) is 29.5 Å². The molecule has 2 aromatic carbocycles. The van der Waals surface area contributed by atoms with E-state index in [4.69, 9.17) is 28.6 Å². The van der Waals surface area contributed by atoms with Gasteiger partial charge in [-0.05, 0) is 42.9 Å². The van der Waals surface area contributed by atoms with Crippen molar-refractivity contribution in [3.63, 3.8) is 0 Å². The maximum Gasteiger partial charge on any atom is 0.261 e. The zero-order valence-electron chi connectivity index (χ0n) is 12.6. The van der Waals surface area contributed by atoms with Crippen LogP contribution in [0.3, 0.4) is 0 Å². The van der Waals surface area contributed by atoms with Crippen LogP contribution in [-0.2, 0) is 6.54 Å². The summed E-state index contributed by atoms with van der Waals surface area (Å²) in [4.78, 5) is 12.3. The summed E-state index contributed by atoms with van der Waals surface area (Å²) in [5.74, 6) is 0.215. The highest BCUT2D eigenvalue weighted by Crippen LogP contribution is 2.17. The van der Waals surface area contributed by atoms with Gasteiger partial charge in [0.25, 0.3) is 5.91 Å². The number of benzene rings is 2. The predicted molar refractivity (Wildman–Crippen MR) is 96.0 cm³/mol. The van der Waals surface area contributed by atoms with Gasteiger partial charge in [-0.2, -0.15) is 0 Å². The van der Waals surface area contributed by atoms with Crippen LogP contribution in [0.15, 0.2) is 48.5 Å². The van der Waals surface area contributed by atoms with Gasteiger partial charge in [-0.3, -0.25) is 10.1 Å². The molecule has 0 saturated carbocycles. The number of para-hydroxylation sites is 1.